The van der Waals surface area contributed by atoms with Gasteiger partial charge in [0.15, 0.2) is 0 Å². The normalized spacial score (nSPS) is 14.5. The summed E-state index contributed by atoms with van der Waals surface area (Å²) in [5.41, 5.74) is 17.0. The van der Waals surface area contributed by atoms with Crippen LogP contribution < -0.4 is 22.9 Å². The molecule has 1 aliphatic rings. The van der Waals surface area contributed by atoms with Gasteiger partial charge in [-0.15, -0.1) is 0 Å². The molecule has 1 rings (SSSR count). The predicted octanol–water partition coefficient (Wildman–Crippen LogP) is 1.80. The van der Waals surface area contributed by atoms with Crippen LogP contribution in [0.25, 0.3) is 0 Å². The Kier molecular flexibility index (Phi) is 14.3. The van der Waals surface area contributed by atoms with E-state index in [-0.39, 0.29) is 0 Å². The maximum Gasteiger partial charge on any atom is 0.309 e. The Bertz CT molecular complexity index is 196. The number of carbonyl (C=O) groups excluding carboxylic acids is 2. The highest BCUT2D eigenvalue weighted by Gasteiger charge is 2.11. The third-order valence-electron chi connectivity index (χ3n) is 2.69. The van der Waals surface area contributed by atoms with Crippen LogP contribution >= 0.6 is 0 Å². The fraction of sp³-hybridized carbons (Fsp3) is 0.833. The highest BCUT2D eigenvalue weighted by molar-refractivity contribution is 5.69. The molecule has 0 aromatic rings. The van der Waals surface area contributed by atoms with Gasteiger partial charge in [-0.2, -0.15) is 0 Å². The summed E-state index contributed by atoms with van der Waals surface area (Å²) >= 11 is 0. The summed E-state index contributed by atoms with van der Waals surface area (Å²) in [6, 6.07) is -1.67. The zero-order chi connectivity index (χ0) is 14.4. The SMILES string of the molecule is CCCCC1CCCCC1.NC(N)=O.NC(N)=O. The number of nitrogens with two attached hydrogens (primary N) is 4. The molecule has 0 radical (unpaired) electrons. The van der Waals surface area contributed by atoms with Crippen LogP contribution in [0.5, 0.6) is 0 Å². The van der Waals surface area contributed by atoms with Crippen molar-refractivity contribution in [2.45, 2.75) is 58.3 Å². The molecule has 0 atom stereocenters. The van der Waals surface area contributed by atoms with Crippen LogP contribution in [0.15, 0.2) is 0 Å². The van der Waals surface area contributed by atoms with Crippen molar-refractivity contribution >= 4 is 12.1 Å². The molecule has 108 valence electrons. The summed E-state index contributed by atoms with van der Waals surface area (Å²) in [5.74, 6) is 1.11. The minimum atomic E-state index is -0.833. The highest BCUT2D eigenvalue weighted by Crippen LogP contribution is 2.27. The van der Waals surface area contributed by atoms with Gasteiger partial charge in [-0.05, 0) is 5.92 Å². The van der Waals surface area contributed by atoms with E-state index in [4.69, 9.17) is 9.59 Å². The van der Waals surface area contributed by atoms with E-state index in [1.165, 1.54) is 51.4 Å². The molecule has 0 aromatic heterocycles. The van der Waals surface area contributed by atoms with Gasteiger partial charge in [0.05, 0.1) is 0 Å². The molecule has 6 nitrogen and oxygen atoms in total. The summed E-state index contributed by atoms with van der Waals surface area (Å²) in [7, 11) is 0. The maximum atomic E-state index is 9.00. The second-order valence-electron chi connectivity index (χ2n) is 4.45. The third kappa shape index (κ3) is 24.0. The molecule has 1 fully saturated rings. The summed E-state index contributed by atoms with van der Waals surface area (Å²) in [4.78, 5) is 18.0. The number of urea groups is 2. The van der Waals surface area contributed by atoms with Crippen molar-refractivity contribution in [3.63, 3.8) is 0 Å². The van der Waals surface area contributed by atoms with Crippen LogP contribution in [-0.2, 0) is 0 Å². The molecule has 6 heteroatoms. The van der Waals surface area contributed by atoms with Crippen LogP contribution in [0.4, 0.5) is 9.59 Å². The van der Waals surface area contributed by atoms with E-state index in [0.717, 1.165) is 5.92 Å². The third-order valence-corrected chi connectivity index (χ3v) is 2.69. The van der Waals surface area contributed by atoms with E-state index in [1.807, 2.05) is 0 Å². The highest BCUT2D eigenvalue weighted by atomic mass is 16.2. The fourth-order valence-electron chi connectivity index (χ4n) is 1.97. The van der Waals surface area contributed by atoms with E-state index in [1.54, 1.807) is 0 Å². The van der Waals surface area contributed by atoms with Crippen LogP contribution in [0.1, 0.15) is 58.3 Å². The van der Waals surface area contributed by atoms with E-state index in [9.17, 15) is 0 Å². The van der Waals surface area contributed by atoms with Gasteiger partial charge >= 0.3 is 12.1 Å². The van der Waals surface area contributed by atoms with Crippen molar-refractivity contribution in [3.8, 4) is 0 Å². The molecule has 0 bridgehead atoms. The second kappa shape index (κ2) is 13.6. The first-order chi connectivity index (χ1) is 8.40. The molecular formula is C12H28N4O2. The van der Waals surface area contributed by atoms with Crippen LogP contribution in [0, 0.1) is 5.92 Å². The Morgan fingerprint density at radius 3 is 1.67 bits per heavy atom. The molecule has 4 amide bonds. The summed E-state index contributed by atoms with van der Waals surface area (Å²) in [5, 5.41) is 0. The van der Waals surface area contributed by atoms with Crippen LogP contribution in [0.3, 0.4) is 0 Å². The van der Waals surface area contributed by atoms with Crippen LogP contribution in [0.2, 0.25) is 0 Å². The van der Waals surface area contributed by atoms with Crippen molar-refractivity contribution in [3.05, 3.63) is 0 Å². The standard InChI is InChI=1S/C10H20.2CH4N2O/c1-2-3-7-10-8-5-4-6-9-10;2*2-1(3)4/h10H,2-9H2,1H3;2*(H4,2,3,4). The lowest BCUT2D eigenvalue weighted by Crippen LogP contribution is -2.18. The monoisotopic (exact) mass is 260 g/mol. The zero-order valence-corrected chi connectivity index (χ0v) is 11.4. The average Bonchev–Trinajstić information content (AvgIpc) is 2.26. The number of amides is 4. The molecule has 1 saturated carbocycles. The van der Waals surface area contributed by atoms with Gasteiger partial charge in [0.1, 0.15) is 0 Å². The first-order valence-electron chi connectivity index (χ1n) is 6.49. The smallest absolute Gasteiger partial charge is 0.309 e. The summed E-state index contributed by atoms with van der Waals surface area (Å²) < 4.78 is 0. The van der Waals surface area contributed by atoms with Gasteiger partial charge in [0, 0.05) is 0 Å². The average molecular weight is 260 g/mol. The number of unbranched alkanes of at least 4 members (excludes halogenated alkanes) is 1. The second-order valence-corrected chi connectivity index (χ2v) is 4.45. The molecule has 8 N–H and O–H groups in total. The van der Waals surface area contributed by atoms with Gasteiger partial charge < -0.3 is 22.9 Å². The van der Waals surface area contributed by atoms with Crippen LogP contribution in [-0.4, -0.2) is 12.1 Å². The lowest BCUT2D eigenvalue weighted by Gasteiger charge is -2.20. The first-order valence-corrected chi connectivity index (χ1v) is 6.49. The number of hydrogen-bond acceptors (Lipinski definition) is 2. The first kappa shape index (κ1) is 18.9. The van der Waals surface area contributed by atoms with E-state index in [2.05, 4.69) is 29.9 Å². The van der Waals surface area contributed by atoms with E-state index in [0.29, 0.717) is 0 Å². The molecule has 0 saturated heterocycles. The number of rotatable bonds is 3. The fourth-order valence-corrected chi connectivity index (χ4v) is 1.97. The lowest BCUT2D eigenvalue weighted by atomic mass is 9.86. The number of carbonyl (C=O) groups is 2. The molecule has 0 spiro atoms. The molecule has 0 unspecified atom stereocenters. The minimum Gasteiger partial charge on any atom is -0.352 e. The van der Waals surface area contributed by atoms with Gasteiger partial charge in [-0.3, -0.25) is 0 Å². The van der Waals surface area contributed by atoms with Gasteiger partial charge in [-0.1, -0.05) is 58.3 Å². The number of primary amides is 4. The molecule has 0 aliphatic heterocycles. The Morgan fingerprint density at radius 1 is 0.944 bits per heavy atom. The Hall–Kier alpha value is -1.46. The predicted molar refractivity (Wildman–Crippen MR) is 73.6 cm³/mol. The Balaban J connectivity index is 0. The molecule has 0 aromatic carbocycles. The maximum absolute atomic E-state index is 9.00. The van der Waals surface area contributed by atoms with Crippen molar-refractivity contribution < 1.29 is 9.59 Å². The van der Waals surface area contributed by atoms with Crippen molar-refractivity contribution in [2.24, 2.45) is 28.9 Å². The lowest BCUT2D eigenvalue weighted by molar-refractivity contribution is 0.255. The summed E-state index contributed by atoms with van der Waals surface area (Å²) in [6.45, 7) is 2.29. The quantitative estimate of drug-likeness (QED) is 0.614. The zero-order valence-electron chi connectivity index (χ0n) is 11.4. The Labute approximate surface area is 109 Å². The van der Waals surface area contributed by atoms with Crippen molar-refractivity contribution in [1.82, 2.24) is 0 Å². The molecule has 0 heterocycles. The van der Waals surface area contributed by atoms with Gasteiger partial charge in [-0.25, -0.2) is 9.59 Å². The van der Waals surface area contributed by atoms with Gasteiger partial charge in [0.2, 0.25) is 0 Å². The van der Waals surface area contributed by atoms with Crippen molar-refractivity contribution in [1.29, 1.82) is 0 Å². The Morgan fingerprint density at radius 2 is 1.33 bits per heavy atom. The molecule has 18 heavy (non-hydrogen) atoms. The minimum absolute atomic E-state index is 0.833. The largest absolute Gasteiger partial charge is 0.352 e. The topological polar surface area (TPSA) is 138 Å². The van der Waals surface area contributed by atoms with E-state index < -0.39 is 12.1 Å². The number of hydrogen-bond donors (Lipinski definition) is 4. The van der Waals surface area contributed by atoms with E-state index >= 15 is 0 Å². The van der Waals surface area contributed by atoms with Crippen molar-refractivity contribution in [2.75, 3.05) is 0 Å². The van der Waals surface area contributed by atoms with Gasteiger partial charge in [0.25, 0.3) is 0 Å². The molecular weight excluding hydrogens is 232 g/mol. The summed E-state index contributed by atoms with van der Waals surface area (Å²) in [6.07, 6.45) is 11.9. The molecule has 1 aliphatic carbocycles.